The van der Waals surface area contributed by atoms with E-state index in [0.29, 0.717) is 12.7 Å². The summed E-state index contributed by atoms with van der Waals surface area (Å²) >= 11 is 0. The first-order chi connectivity index (χ1) is 12.8. The largest absolute Gasteiger partial charge is 0.377 e. The predicted molar refractivity (Wildman–Crippen MR) is 99.4 cm³/mol. The Kier molecular flexibility index (Phi) is 5.58. The van der Waals surface area contributed by atoms with Crippen molar-refractivity contribution >= 4 is 0 Å². The van der Waals surface area contributed by atoms with Crippen LogP contribution in [0.1, 0.15) is 30.4 Å². The lowest BCUT2D eigenvalue weighted by Gasteiger charge is -2.50. The summed E-state index contributed by atoms with van der Waals surface area (Å²) in [6.07, 6.45) is 11.2. The Bertz CT molecular complexity index is 682. The summed E-state index contributed by atoms with van der Waals surface area (Å²) < 4.78 is 12.3. The molecule has 0 saturated carbocycles. The van der Waals surface area contributed by atoms with E-state index in [1.807, 2.05) is 30.7 Å². The molecule has 26 heavy (non-hydrogen) atoms. The van der Waals surface area contributed by atoms with Gasteiger partial charge in [0.05, 0.1) is 19.3 Å². The van der Waals surface area contributed by atoms with Gasteiger partial charge in [0.15, 0.2) is 0 Å². The van der Waals surface area contributed by atoms with Crippen LogP contribution in [-0.2, 0) is 22.6 Å². The molecule has 5 nitrogen and oxygen atoms in total. The van der Waals surface area contributed by atoms with Crippen LogP contribution in [0, 0.1) is 5.41 Å². The lowest BCUT2D eigenvalue weighted by Crippen LogP contribution is -2.56. The monoisotopic (exact) mass is 353 g/mol. The van der Waals surface area contributed by atoms with Gasteiger partial charge in [0.2, 0.25) is 0 Å². The van der Waals surface area contributed by atoms with Crippen molar-refractivity contribution < 1.29 is 9.47 Å². The fourth-order valence-electron chi connectivity index (χ4n) is 4.33. The first-order valence-electron chi connectivity index (χ1n) is 9.54. The molecule has 5 heteroatoms. The van der Waals surface area contributed by atoms with E-state index in [2.05, 4.69) is 27.0 Å². The second-order valence-electron chi connectivity index (χ2n) is 7.54. The molecular weight excluding hydrogens is 326 g/mol. The van der Waals surface area contributed by atoms with Crippen LogP contribution in [-0.4, -0.2) is 47.3 Å². The molecule has 2 aliphatic heterocycles. The molecule has 0 aliphatic carbocycles. The number of hydrogen-bond acceptors (Lipinski definition) is 5. The second-order valence-corrected chi connectivity index (χ2v) is 7.54. The van der Waals surface area contributed by atoms with Gasteiger partial charge in [0.25, 0.3) is 0 Å². The highest BCUT2D eigenvalue weighted by Gasteiger charge is 2.46. The number of pyridine rings is 2. The van der Waals surface area contributed by atoms with Gasteiger partial charge in [-0.2, -0.15) is 0 Å². The molecule has 138 valence electrons. The summed E-state index contributed by atoms with van der Waals surface area (Å²) in [5, 5.41) is 0. The highest BCUT2D eigenvalue weighted by Crippen LogP contribution is 2.41. The normalized spacial score (nSPS) is 26.4. The molecule has 4 heterocycles. The summed E-state index contributed by atoms with van der Waals surface area (Å²) in [5.74, 6) is 0. The Morgan fingerprint density at radius 3 is 2.73 bits per heavy atom. The van der Waals surface area contributed by atoms with E-state index in [1.54, 1.807) is 6.20 Å². The van der Waals surface area contributed by atoms with Gasteiger partial charge in [-0.3, -0.25) is 14.9 Å². The van der Waals surface area contributed by atoms with Crippen molar-refractivity contribution in [2.24, 2.45) is 5.41 Å². The predicted octanol–water partition coefficient (Wildman–Crippen LogP) is 3.06. The summed E-state index contributed by atoms with van der Waals surface area (Å²) in [6.45, 7) is 5.30. The van der Waals surface area contributed by atoms with E-state index < -0.39 is 0 Å². The lowest BCUT2D eigenvalue weighted by atomic mass is 9.73. The molecule has 2 saturated heterocycles. The molecule has 2 atom stereocenters. The number of hydrogen-bond donors (Lipinski definition) is 0. The minimum atomic E-state index is 0.0981. The zero-order chi connectivity index (χ0) is 17.7. The minimum absolute atomic E-state index is 0.0981. The topological polar surface area (TPSA) is 47.5 Å². The molecule has 2 fully saturated rings. The number of nitrogens with zero attached hydrogens (tertiary/aromatic N) is 3. The Hall–Kier alpha value is -1.82. The van der Waals surface area contributed by atoms with Gasteiger partial charge in [0.1, 0.15) is 0 Å². The maximum absolute atomic E-state index is 6.16. The maximum Gasteiger partial charge on any atom is 0.0732 e. The Balaban J connectivity index is 1.41. The fraction of sp³-hybridized carbons (Fsp3) is 0.524. The third-order valence-corrected chi connectivity index (χ3v) is 5.58. The average Bonchev–Trinajstić information content (AvgIpc) is 2.69. The molecule has 0 amide bonds. The molecule has 0 radical (unpaired) electrons. The fourth-order valence-corrected chi connectivity index (χ4v) is 4.33. The minimum Gasteiger partial charge on any atom is -0.377 e. The van der Waals surface area contributed by atoms with Crippen LogP contribution in [0.5, 0.6) is 0 Å². The van der Waals surface area contributed by atoms with Gasteiger partial charge in [-0.1, -0.05) is 12.1 Å². The average molecular weight is 353 g/mol. The molecule has 0 spiro atoms. The van der Waals surface area contributed by atoms with Crippen LogP contribution in [0.2, 0.25) is 0 Å². The van der Waals surface area contributed by atoms with Crippen LogP contribution in [0.25, 0.3) is 0 Å². The maximum atomic E-state index is 6.16. The third-order valence-electron chi connectivity index (χ3n) is 5.58. The molecule has 4 rings (SSSR count). The summed E-state index contributed by atoms with van der Waals surface area (Å²) in [6, 6.07) is 8.19. The molecule has 0 aromatic carbocycles. The highest BCUT2D eigenvalue weighted by molar-refractivity contribution is 5.09. The number of piperidine rings is 1. The van der Waals surface area contributed by atoms with Crippen molar-refractivity contribution in [2.45, 2.75) is 38.5 Å². The Labute approximate surface area is 155 Å². The summed E-state index contributed by atoms with van der Waals surface area (Å²) in [7, 11) is 0. The SMILES string of the molecule is c1cncc(COCC23CCCOC2CCN(Cc2cccnc2)C3)c1. The van der Waals surface area contributed by atoms with Gasteiger partial charge in [0, 0.05) is 56.4 Å². The van der Waals surface area contributed by atoms with Crippen LogP contribution < -0.4 is 0 Å². The van der Waals surface area contributed by atoms with Crippen LogP contribution >= 0.6 is 0 Å². The molecular formula is C21H27N3O2. The highest BCUT2D eigenvalue weighted by atomic mass is 16.5. The summed E-state index contributed by atoms with van der Waals surface area (Å²) in [5.41, 5.74) is 2.50. The van der Waals surface area contributed by atoms with Gasteiger partial charge in [-0.25, -0.2) is 0 Å². The number of fused-ring (bicyclic) bond motifs is 1. The zero-order valence-corrected chi connectivity index (χ0v) is 15.2. The van der Waals surface area contributed by atoms with Crippen LogP contribution in [0.15, 0.2) is 49.1 Å². The second kappa shape index (κ2) is 8.25. The van der Waals surface area contributed by atoms with Gasteiger partial charge >= 0.3 is 0 Å². The van der Waals surface area contributed by atoms with Crippen molar-refractivity contribution in [1.29, 1.82) is 0 Å². The summed E-state index contributed by atoms with van der Waals surface area (Å²) in [4.78, 5) is 11.0. The van der Waals surface area contributed by atoms with Crippen molar-refractivity contribution in [3.05, 3.63) is 60.2 Å². The standard InChI is InChI=1S/C21H27N3O2/c1-4-18(12-22-8-1)14-24-10-6-20-21(16-24,7-3-11-26-20)17-25-15-19-5-2-9-23-13-19/h1-2,4-5,8-9,12-13,20H,3,6-7,10-11,14-17H2. The quantitative estimate of drug-likeness (QED) is 0.799. The van der Waals surface area contributed by atoms with Crippen molar-refractivity contribution in [3.8, 4) is 0 Å². The smallest absolute Gasteiger partial charge is 0.0732 e. The molecule has 0 bridgehead atoms. The van der Waals surface area contributed by atoms with E-state index in [4.69, 9.17) is 9.47 Å². The van der Waals surface area contributed by atoms with Crippen LogP contribution in [0.3, 0.4) is 0 Å². The first kappa shape index (κ1) is 17.6. The molecule has 2 unspecified atom stereocenters. The number of likely N-dealkylation sites (tertiary alicyclic amines) is 1. The number of rotatable bonds is 6. The van der Waals surface area contributed by atoms with Crippen molar-refractivity contribution in [2.75, 3.05) is 26.3 Å². The molecule has 2 aliphatic rings. The third kappa shape index (κ3) is 4.11. The number of ether oxygens (including phenoxy) is 2. The van der Waals surface area contributed by atoms with E-state index >= 15 is 0 Å². The van der Waals surface area contributed by atoms with E-state index in [0.717, 1.165) is 51.3 Å². The van der Waals surface area contributed by atoms with Crippen molar-refractivity contribution in [3.63, 3.8) is 0 Å². The van der Waals surface area contributed by atoms with Gasteiger partial charge < -0.3 is 9.47 Å². The Morgan fingerprint density at radius 2 is 1.96 bits per heavy atom. The zero-order valence-electron chi connectivity index (χ0n) is 15.2. The molecule has 2 aromatic heterocycles. The van der Waals surface area contributed by atoms with E-state index in [1.165, 1.54) is 12.0 Å². The van der Waals surface area contributed by atoms with E-state index in [9.17, 15) is 0 Å². The molecule has 0 N–H and O–H groups in total. The van der Waals surface area contributed by atoms with Gasteiger partial charge in [-0.05, 0) is 42.5 Å². The van der Waals surface area contributed by atoms with E-state index in [-0.39, 0.29) is 5.41 Å². The van der Waals surface area contributed by atoms with Crippen molar-refractivity contribution in [1.82, 2.24) is 14.9 Å². The first-order valence-corrected chi connectivity index (χ1v) is 9.54. The lowest BCUT2D eigenvalue weighted by molar-refractivity contribution is -0.155. The van der Waals surface area contributed by atoms with Crippen LogP contribution in [0.4, 0.5) is 0 Å². The molecule has 2 aromatic rings. The Morgan fingerprint density at radius 1 is 1.15 bits per heavy atom. The van der Waals surface area contributed by atoms with Gasteiger partial charge in [-0.15, -0.1) is 0 Å². The number of aromatic nitrogens is 2.